The summed E-state index contributed by atoms with van der Waals surface area (Å²) in [4.78, 5) is 26.0. The normalized spacial score (nSPS) is 13.4. The van der Waals surface area contributed by atoms with Crippen molar-refractivity contribution in [2.45, 2.75) is 32.1 Å². The van der Waals surface area contributed by atoms with Gasteiger partial charge in [0.05, 0.1) is 13.0 Å². The number of aryl methyl sites for hydroxylation is 1. The van der Waals surface area contributed by atoms with Crippen molar-refractivity contribution in [1.29, 1.82) is 0 Å². The van der Waals surface area contributed by atoms with Crippen LogP contribution in [0.15, 0.2) is 54.6 Å². The van der Waals surface area contributed by atoms with Crippen LogP contribution in [0.25, 0.3) is 0 Å². The molecule has 1 fully saturated rings. The smallest absolute Gasteiger partial charge is 0.227 e. The largest absolute Gasteiger partial charge is 0.493 e. The molecule has 2 aromatic carbocycles. The predicted octanol–water partition coefficient (Wildman–Crippen LogP) is 3.65. The van der Waals surface area contributed by atoms with Crippen molar-refractivity contribution < 1.29 is 14.3 Å². The maximum atomic E-state index is 12.1. The maximum Gasteiger partial charge on any atom is 0.227 e. The Morgan fingerprint density at radius 2 is 1.63 bits per heavy atom. The molecule has 2 amide bonds. The Balaban J connectivity index is 1.37. The van der Waals surface area contributed by atoms with E-state index in [9.17, 15) is 9.59 Å². The topological polar surface area (TPSA) is 58.6 Å². The van der Waals surface area contributed by atoms with Crippen LogP contribution in [-0.4, -0.2) is 36.4 Å². The van der Waals surface area contributed by atoms with Crippen molar-refractivity contribution in [1.82, 2.24) is 4.90 Å². The van der Waals surface area contributed by atoms with Gasteiger partial charge in [-0.05, 0) is 49.1 Å². The van der Waals surface area contributed by atoms with Crippen LogP contribution in [0.3, 0.4) is 0 Å². The highest BCUT2D eigenvalue weighted by Crippen LogP contribution is 2.14. The Bertz CT molecular complexity index is 738. The summed E-state index contributed by atoms with van der Waals surface area (Å²) in [6, 6.07) is 17.1. The zero-order valence-electron chi connectivity index (χ0n) is 15.5. The molecule has 1 heterocycles. The average molecular weight is 366 g/mol. The summed E-state index contributed by atoms with van der Waals surface area (Å²) in [5.41, 5.74) is 1.86. The molecule has 5 nitrogen and oxygen atoms in total. The highest BCUT2D eigenvalue weighted by atomic mass is 16.5. The fourth-order valence-corrected chi connectivity index (χ4v) is 3.13. The van der Waals surface area contributed by atoms with Crippen LogP contribution in [0.5, 0.6) is 5.75 Å². The number of likely N-dealkylation sites (tertiary alicyclic amines) is 1. The van der Waals surface area contributed by atoms with Crippen molar-refractivity contribution in [2.24, 2.45) is 0 Å². The van der Waals surface area contributed by atoms with Gasteiger partial charge < -0.3 is 15.0 Å². The van der Waals surface area contributed by atoms with Gasteiger partial charge in [0, 0.05) is 25.2 Å². The molecule has 1 aliphatic heterocycles. The minimum atomic E-state index is -0.0807. The number of nitrogens with one attached hydrogen (secondary N) is 1. The molecule has 0 unspecified atom stereocenters. The molecule has 0 saturated carbocycles. The third-order valence-corrected chi connectivity index (χ3v) is 4.67. The van der Waals surface area contributed by atoms with E-state index in [1.165, 1.54) is 0 Å². The first-order valence-electron chi connectivity index (χ1n) is 9.55. The molecule has 1 saturated heterocycles. The lowest BCUT2D eigenvalue weighted by Crippen LogP contribution is -2.27. The first-order valence-corrected chi connectivity index (χ1v) is 9.55. The molecule has 0 bridgehead atoms. The van der Waals surface area contributed by atoms with Crippen LogP contribution in [-0.2, 0) is 16.0 Å². The molecule has 0 radical (unpaired) electrons. The van der Waals surface area contributed by atoms with Gasteiger partial charge in [0.15, 0.2) is 0 Å². The summed E-state index contributed by atoms with van der Waals surface area (Å²) in [6.45, 7) is 2.14. The molecule has 0 atom stereocenters. The standard InChI is InChI=1S/C22H26N2O3/c25-21(14-17-27-20-6-2-1-3-7-20)23-19-11-8-18(9-12-19)10-13-22(26)24-15-4-5-16-24/h1-3,6-9,11-12H,4-5,10,13-17H2,(H,23,25). The lowest BCUT2D eigenvalue weighted by molar-refractivity contribution is -0.130. The zero-order chi connectivity index (χ0) is 18.9. The fourth-order valence-electron chi connectivity index (χ4n) is 3.13. The van der Waals surface area contributed by atoms with Crippen LogP contribution >= 0.6 is 0 Å². The van der Waals surface area contributed by atoms with Crippen molar-refractivity contribution in [3.05, 3.63) is 60.2 Å². The Morgan fingerprint density at radius 1 is 0.926 bits per heavy atom. The van der Waals surface area contributed by atoms with Gasteiger partial charge >= 0.3 is 0 Å². The van der Waals surface area contributed by atoms with E-state index in [2.05, 4.69) is 5.32 Å². The summed E-state index contributed by atoms with van der Waals surface area (Å²) in [5, 5.41) is 2.87. The van der Waals surface area contributed by atoms with Crippen LogP contribution in [0.2, 0.25) is 0 Å². The molecule has 0 aliphatic carbocycles. The van der Waals surface area contributed by atoms with Crippen molar-refractivity contribution in [2.75, 3.05) is 25.0 Å². The monoisotopic (exact) mass is 366 g/mol. The molecule has 1 aliphatic rings. The number of carbonyl (C=O) groups excluding carboxylic acids is 2. The Hall–Kier alpha value is -2.82. The van der Waals surface area contributed by atoms with Gasteiger partial charge in [-0.2, -0.15) is 0 Å². The van der Waals surface area contributed by atoms with Crippen LogP contribution in [0, 0.1) is 0 Å². The summed E-state index contributed by atoms with van der Waals surface area (Å²) >= 11 is 0. The molecule has 1 N–H and O–H groups in total. The second-order valence-corrected chi connectivity index (χ2v) is 6.74. The van der Waals surface area contributed by atoms with Crippen molar-refractivity contribution >= 4 is 17.5 Å². The van der Waals surface area contributed by atoms with Crippen LogP contribution < -0.4 is 10.1 Å². The lowest BCUT2D eigenvalue weighted by Gasteiger charge is -2.15. The van der Waals surface area contributed by atoms with E-state index in [1.807, 2.05) is 59.5 Å². The zero-order valence-corrected chi connectivity index (χ0v) is 15.5. The van der Waals surface area contributed by atoms with Crippen LogP contribution in [0.1, 0.15) is 31.2 Å². The van der Waals surface area contributed by atoms with Gasteiger partial charge in [-0.25, -0.2) is 0 Å². The van der Waals surface area contributed by atoms with E-state index in [4.69, 9.17) is 4.74 Å². The average Bonchev–Trinajstić information content (AvgIpc) is 3.23. The Morgan fingerprint density at radius 3 is 2.33 bits per heavy atom. The van der Waals surface area contributed by atoms with Gasteiger partial charge in [-0.15, -0.1) is 0 Å². The summed E-state index contributed by atoms with van der Waals surface area (Å²) in [6.07, 6.45) is 3.81. The second kappa shape index (κ2) is 9.76. The minimum Gasteiger partial charge on any atom is -0.493 e. The van der Waals surface area contributed by atoms with Crippen molar-refractivity contribution in [3.63, 3.8) is 0 Å². The van der Waals surface area contributed by atoms with E-state index in [0.29, 0.717) is 19.4 Å². The minimum absolute atomic E-state index is 0.0807. The molecule has 0 aromatic heterocycles. The molecule has 0 spiro atoms. The number of nitrogens with zero attached hydrogens (tertiary/aromatic N) is 1. The van der Waals surface area contributed by atoms with Gasteiger partial charge in [-0.1, -0.05) is 30.3 Å². The molecule has 2 aromatic rings. The second-order valence-electron chi connectivity index (χ2n) is 6.74. The highest BCUT2D eigenvalue weighted by molar-refractivity contribution is 5.90. The number of ether oxygens (including phenoxy) is 1. The first-order chi connectivity index (χ1) is 13.2. The number of hydrogen-bond donors (Lipinski definition) is 1. The van der Waals surface area contributed by atoms with Crippen LogP contribution in [0.4, 0.5) is 5.69 Å². The number of para-hydroxylation sites is 1. The van der Waals surface area contributed by atoms with E-state index >= 15 is 0 Å². The van der Waals surface area contributed by atoms with Gasteiger partial charge in [0.1, 0.15) is 5.75 Å². The molecule has 3 rings (SSSR count). The number of rotatable bonds is 8. The Labute approximate surface area is 160 Å². The third kappa shape index (κ3) is 6.13. The molecule has 142 valence electrons. The van der Waals surface area contributed by atoms with Gasteiger partial charge in [0.25, 0.3) is 0 Å². The number of anilines is 1. The predicted molar refractivity (Wildman–Crippen MR) is 106 cm³/mol. The first kappa shape index (κ1) is 19.0. The molecule has 27 heavy (non-hydrogen) atoms. The SMILES string of the molecule is O=C(CCOc1ccccc1)Nc1ccc(CCC(=O)N2CCCC2)cc1. The van der Waals surface area contributed by atoms with E-state index in [0.717, 1.165) is 49.4 Å². The highest BCUT2D eigenvalue weighted by Gasteiger charge is 2.17. The third-order valence-electron chi connectivity index (χ3n) is 4.67. The fraction of sp³-hybridized carbons (Fsp3) is 0.364. The van der Waals surface area contributed by atoms with Crippen molar-refractivity contribution in [3.8, 4) is 5.75 Å². The molecular weight excluding hydrogens is 340 g/mol. The number of hydrogen-bond acceptors (Lipinski definition) is 3. The summed E-state index contributed by atoms with van der Waals surface area (Å²) in [5.74, 6) is 0.921. The molecule has 5 heteroatoms. The number of amides is 2. The Kier molecular flexibility index (Phi) is 6.85. The van der Waals surface area contributed by atoms with E-state index in [1.54, 1.807) is 0 Å². The molecular formula is C22H26N2O3. The van der Waals surface area contributed by atoms with Gasteiger partial charge in [-0.3, -0.25) is 9.59 Å². The maximum absolute atomic E-state index is 12.1. The summed E-state index contributed by atoms with van der Waals surface area (Å²) < 4.78 is 5.53. The van der Waals surface area contributed by atoms with E-state index in [-0.39, 0.29) is 11.8 Å². The van der Waals surface area contributed by atoms with Gasteiger partial charge in [0.2, 0.25) is 11.8 Å². The summed E-state index contributed by atoms with van der Waals surface area (Å²) in [7, 11) is 0. The lowest BCUT2D eigenvalue weighted by atomic mass is 10.1. The number of benzene rings is 2. The quantitative estimate of drug-likeness (QED) is 0.776. The number of carbonyl (C=O) groups is 2. The van der Waals surface area contributed by atoms with E-state index < -0.39 is 0 Å².